The monoisotopic (exact) mass is 644 g/mol. The number of amidine groups is 1. The molecule has 1 amide bonds. The van der Waals surface area contributed by atoms with Gasteiger partial charge in [0.25, 0.3) is 5.91 Å². The highest BCUT2D eigenvalue weighted by atomic mass is 79.9. The minimum absolute atomic E-state index is 0.130. The minimum Gasteiger partial charge on any atom is -0.490 e. The molecule has 0 bridgehead atoms. The first-order valence-electron chi connectivity index (χ1n) is 11.2. The van der Waals surface area contributed by atoms with Gasteiger partial charge >= 0.3 is 5.97 Å². The quantitative estimate of drug-likeness (QED) is 0.263. The van der Waals surface area contributed by atoms with E-state index in [1.807, 2.05) is 43.3 Å². The zero-order valence-corrected chi connectivity index (χ0v) is 23.9. The van der Waals surface area contributed by atoms with Gasteiger partial charge in [-0.15, -0.1) is 0 Å². The van der Waals surface area contributed by atoms with Gasteiger partial charge in [-0.2, -0.15) is 0 Å². The molecule has 10 heteroatoms. The minimum atomic E-state index is -1.04. The maximum Gasteiger partial charge on any atom is 0.335 e. The fourth-order valence-corrected chi connectivity index (χ4v) is 5.26. The third-order valence-electron chi connectivity index (χ3n) is 5.25. The molecule has 0 aromatic heterocycles. The van der Waals surface area contributed by atoms with Crippen LogP contribution in [0.3, 0.4) is 0 Å². The summed E-state index contributed by atoms with van der Waals surface area (Å²) in [4.78, 5) is 30.6. The van der Waals surface area contributed by atoms with Crippen molar-refractivity contribution in [2.75, 3.05) is 13.7 Å². The number of carbonyl (C=O) groups is 2. The number of thioether (sulfide) groups is 1. The number of ether oxygens (including phenoxy) is 2. The lowest BCUT2D eigenvalue weighted by Crippen LogP contribution is -2.23. The summed E-state index contributed by atoms with van der Waals surface area (Å²) in [5.41, 5.74) is 2.35. The molecule has 190 valence electrons. The zero-order chi connectivity index (χ0) is 26.5. The number of halogens is 2. The Balaban J connectivity index is 1.59. The summed E-state index contributed by atoms with van der Waals surface area (Å²) in [5.74, 6) is -0.104. The van der Waals surface area contributed by atoms with Crippen molar-refractivity contribution in [1.82, 2.24) is 4.90 Å². The van der Waals surface area contributed by atoms with Gasteiger partial charge in [-0.1, -0.05) is 34.1 Å². The van der Waals surface area contributed by atoms with Crippen LogP contribution in [0.25, 0.3) is 6.08 Å². The number of amides is 1. The van der Waals surface area contributed by atoms with Crippen LogP contribution in [0.5, 0.6) is 11.5 Å². The predicted molar refractivity (Wildman–Crippen MR) is 153 cm³/mol. The Morgan fingerprint density at radius 2 is 1.86 bits per heavy atom. The molecule has 37 heavy (non-hydrogen) atoms. The molecule has 1 saturated heterocycles. The topological polar surface area (TPSA) is 88.4 Å². The number of rotatable bonds is 8. The van der Waals surface area contributed by atoms with E-state index >= 15 is 0 Å². The van der Waals surface area contributed by atoms with Crippen molar-refractivity contribution in [3.05, 3.63) is 91.2 Å². The number of carbonyl (C=O) groups excluding carboxylic acids is 1. The lowest BCUT2D eigenvalue weighted by Gasteiger charge is -2.15. The first kappa shape index (κ1) is 27.0. The van der Waals surface area contributed by atoms with E-state index in [1.165, 1.54) is 28.8 Å². The Kier molecular flexibility index (Phi) is 8.73. The molecule has 0 spiro atoms. The second-order valence-corrected chi connectivity index (χ2v) is 10.7. The molecule has 7 nitrogen and oxygen atoms in total. The highest BCUT2D eigenvalue weighted by Crippen LogP contribution is 2.40. The van der Waals surface area contributed by atoms with E-state index in [4.69, 9.17) is 9.47 Å². The SMILES string of the molecule is CCOc1cc(C=C2SC(=Nc3cccc(C(=O)O)c3)N(C)C2=O)cc(Br)c1OCc1ccc(Br)cc1. The molecular weight excluding hydrogens is 624 g/mol. The third-order valence-corrected chi connectivity index (χ3v) is 7.43. The van der Waals surface area contributed by atoms with Crippen molar-refractivity contribution in [3.63, 3.8) is 0 Å². The van der Waals surface area contributed by atoms with Gasteiger partial charge in [-0.25, -0.2) is 9.79 Å². The second kappa shape index (κ2) is 12.0. The molecule has 1 N–H and O–H groups in total. The summed E-state index contributed by atoms with van der Waals surface area (Å²) in [6.07, 6.45) is 1.77. The number of carboxylic acids is 1. The maximum absolute atomic E-state index is 12.9. The van der Waals surface area contributed by atoms with Crippen LogP contribution in [0.1, 0.15) is 28.4 Å². The van der Waals surface area contributed by atoms with Gasteiger partial charge < -0.3 is 14.6 Å². The molecule has 3 aromatic carbocycles. The van der Waals surface area contributed by atoms with Gasteiger partial charge in [0.2, 0.25) is 0 Å². The van der Waals surface area contributed by atoms with Gasteiger partial charge in [0.15, 0.2) is 16.7 Å². The second-order valence-electron chi connectivity index (χ2n) is 7.90. The first-order valence-corrected chi connectivity index (χ1v) is 13.6. The Hall–Kier alpha value is -3.08. The van der Waals surface area contributed by atoms with Crippen LogP contribution in [-0.4, -0.2) is 40.7 Å². The van der Waals surface area contributed by atoms with Crippen LogP contribution in [-0.2, 0) is 11.4 Å². The van der Waals surface area contributed by atoms with E-state index < -0.39 is 5.97 Å². The highest BCUT2D eigenvalue weighted by Gasteiger charge is 2.30. The van der Waals surface area contributed by atoms with Gasteiger partial charge in [0.1, 0.15) is 6.61 Å². The van der Waals surface area contributed by atoms with Crippen LogP contribution >= 0.6 is 43.6 Å². The Labute approximate surface area is 235 Å². The number of aliphatic imine (C=N–C) groups is 1. The van der Waals surface area contributed by atoms with Crippen LogP contribution in [0.2, 0.25) is 0 Å². The molecule has 0 saturated carbocycles. The molecule has 1 aliphatic heterocycles. The maximum atomic E-state index is 12.9. The summed E-state index contributed by atoms with van der Waals surface area (Å²) in [7, 11) is 1.64. The Bertz CT molecular complexity index is 1410. The smallest absolute Gasteiger partial charge is 0.335 e. The van der Waals surface area contributed by atoms with E-state index in [2.05, 4.69) is 36.9 Å². The summed E-state index contributed by atoms with van der Waals surface area (Å²) in [6.45, 7) is 2.71. The first-order chi connectivity index (χ1) is 17.7. The van der Waals surface area contributed by atoms with Crippen molar-refractivity contribution in [2.45, 2.75) is 13.5 Å². The summed E-state index contributed by atoms with van der Waals surface area (Å²) in [5, 5.41) is 9.68. The van der Waals surface area contributed by atoms with Crippen LogP contribution in [0, 0.1) is 0 Å². The van der Waals surface area contributed by atoms with E-state index in [9.17, 15) is 14.7 Å². The lowest BCUT2D eigenvalue weighted by molar-refractivity contribution is -0.121. The Morgan fingerprint density at radius 1 is 1.11 bits per heavy atom. The largest absolute Gasteiger partial charge is 0.490 e. The zero-order valence-electron chi connectivity index (χ0n) is 19.9. The molecule has 4 rings (SSSR count). The lowest BCUT2D eigenvalue weighted by atomic mass is 10.1. The molecular formula is C27H22Br2N2O5S. The number of likely N-dealkylation sites (N-methyl/N-ethyl adjacent to an activating group) is 1. The van der Waals surface area contributed by atoms with Gasteiger partial charge in [0, 0.05) is 11.5 Å². The van der Waals surface area contributed by atoms with Crippen LogP contribution in [0.4, 0.5) is 5.69 Å². The molecule has 0 unspecified atom stereocenters. The van der Waals surface area contributed by atoms with Crippen molar-refractivity contribution >= 4 is 72.4 Å². The number of nitrogens with zero attached hydrogens (tertiary/aromatic N) is 2. The normalized spacial score (nSPS) is 15.5. The molecule has 1 aliphatic rings. The van der Waals surface area contributed by atoms with Crippen molar-refractivity contribution in [3.8, 4) is 11.5 Å². The van der Waals surface area contributed by atoms with E-state index in [1.54, 1.807) is 25.3 Å². The molecule has 0 aliphatic carbocycles. The summed E-state index contributed by atoms with van der Waals surface area (Å²) >= 11 is 8.24. The molecule has 0 atom stereocenters. The number of hydrogen-bond donors (Lipinski definition) is 1. The molecule has 3 aromatic rings. The highest BCUT2D eigenvalue weighted by molar-refractivity contribution is 9.10. The van der Waals surface area contributed by atoms with Crippen molar-refractivity contribution in [1.29, 1.82) is 0 Å². The Morgan fingerprint density at radius 3 is 2.57 bits per heavy atom. The van der Waals surface area contributed by atoms with Crippen molar-refractivity contribution < 1.29 is 24.2 Å². The predicted octanol–water partition coefficient (Wildman–Crippen LogP) is 7.12. The van der Waals surface area contributed by atoms with Gasteiger partial charge in [-0.05, 0) is 94.3 Å². The summed E-state index contributed by atoms with van der Waals surface area (Å²) < 4.78 is 13.6. The number of aromatic carboxylic acids is 1. The summed E-state index contributed by atoms with van der Waals surface area (Å²) in [6, 6.07) is 17.8. The number of hydrogen-bond acceptors (Lipinski definition) is 6. The van der Waals surface area contributed by atoms with E-state index in [-0.39, 0.29) is 11.5 Å². The van der Waals surface area contributed by atoms with Crippen LogP contribution in [0.15, 0.2) is 79.5 Å². The van der Waals surface area contributed by atoms with Gasteiger partial charge in [0.05, 0.1) is 27.2 Å². The molecule has 1 heterocycles. The van der Waals surface area contributed by atoms with Crippen molar-refractivity contribution in [2.24, 2.45) is 4.99 Å². The number of benzene rings is 3. The molecule has 0 radical (unpaired) electrons. The third kappa shape index (κ3) is 6.63. The van der Waals surface area contributed by atoms with Gasteiger partial charge in [-0.3, -0.25) is 9.69 Å². The van der Waals surface area contributed by atoms with E-state index in [0.717, 1.165) is 15.6 Å². The number of carboxylic acid groups (broad SMARTS) is 1. The average molecular weight is 646 g/mol. The fraction of sp³-hybridized carbons (Fsp3) is 0.148. The molecule has 1 fully saturated rings. The fourth-order valence-electron chi connectivity index (χ4n) is 3.43. The standard InChI is InChI=1S/C27H22Br2N2O5S/c1-3-35-22-12-17(11-21(29)24(22)36-15-16-7-9-19(28)10-8-16)13-23-25(32)31(2)27(37-23)30-20-6-4-5-18(14-20)26(33)34/h4-14H,3,15H2,1-2H3,(H,33,34). The average Bonchev–Trinajstić information content (AvgIpc) is 3.12. The van der Waals surface area contributed by atoms with Crippen LogP contribution < -0.4 is 9.47 Å². The van der Waals surface area contributed by atoms with E-state index in [0.29, 0.717) is 44.9 Å².